The lowest BCUT2D eigenvalue weighted by atomic mass is 9.64. The Hall–Kier alpha value is -5.88. The summed E-state index contributed by atoms with van der Waals surface area (Å²) in [6.07, 6.45) is 0. The molecular formula is C52H32S4. The molecule has 0 bridgehead atoms. The van der Waals surface area contributed by atoms with E-state index in [0.29, 0.717) is 0 Å². The van der Waals surface area contributed by atoms with Crippen molar-refractivity contribution < 1.29 is 0 Å². The third-order valence-corrected chi connectivity index (χ3v) is 14.4. The minimum atomic E-state index is 1.23. The maximum atomic E-state index is 2.33. The molecule has 1 aliphatic rings. The fourth-order valence-electron chi connectivity index (χ4n) is 8.68. The van der Waals surface area contributed by atoms with Gasteiger partial charge in [-0.1, -0.05) is 146 Å². The highest BCUT2D eigenvalue weighted by molar-refractivity contribution is 7.15. The van der Waals surface area contributed by atoms with Gasteiger partial charge >= 0.3 is 0 Å². The van der Waals surface area contributed by atoms with Gasteiger partial charge in [-0.05, 0) is 90.3 Å². The summed E-state index contributed by atoms with van der Waals surface area (Å²) in [5.41, 5.74) is 20.7. The quantitative estimate of drug-likeness (QED) is 0.144. The average Bonchev–Trinajstić information content (AvgIpc) is 4.11. The van der Waals surface area contributed by atoms with E-state index in [1.807, 2.05) is 45.3 Å². The lowest BCUT2D eigenvalue weighted by Gasteiger charge is -2.39. The number of hydrogen-bond acceptors (Lipinski definition) is 4. The molecule has 0 radical (unpaired) electrons. The second-order valence-corrected chi connectivity index (χ2v) is 17.7. The molecule has 11 rings (SSSR count). The van der Waals surface area contributed by atoms with Gasteiger partial charge in [-0.2, -0.15) is 0 Å². The predicted octanol–water partition coefficient (Wildman–Crippen LogP) is 16.9. The van der Waals surface area contributed by atoms with E-state index in [4.69, 9.17) is 0 Å². The Morgan fingerprint density at radius 1 is 0.179 bits per heavy atom. The molecule has 0 N–H and O–H groups in total. The van der Waals surface area contributed by atoms with Crippen molar-refractivity contribution in [3.63, 3.8) is 0 Å². The van der Waals surface area contributed by atoms with Crippen molar-refractivity contribution in [2.75, 3.05) is 0 Å². The van der Waals surface area contributed by atoms with E-state index < -0.39 is 0 Å². The van der Waals surface area contributed by atoms with Crippen LogP contribution in [0.2, 0.25) is 0 Å². The van der Waals surface area contributed by atoms with Crippen molar-refractivity contribution in [3.8, 4) is 109 Å². The minimum Gasteiger partial charge on any atom is -0.144 e. The van der Waals surface area contributed by atoms with Crippen molar-refractivity contribution in [1.82, 2.24) is 0 Å². The van der Waals surface area contributed by atoms with Crippen molar-refractivity contribution in [2.24, 2.45) is 0 Å². The normalized spacial score (nSPS) is 11.6. The van der Waals surface area contributed by atoms with Gasteiger partial charge in [-0.15, -0.1) is 45.3 Å². The Morgan fingerprint density at radius 2 is 0.393 bits per heavy atom. The third-order valence-electron chi connectivity index (χ3n) is 10.8. The van der Waals surface area contributed by atoms with Crippen LogP contribution in [0.1, 0.15) is 0 Å². The van der Waals surface area contributed by atoms with Crippen LogP contribution in [0.3, 0.4) is 0 Å². The van der Waals surface area contributed by atoms with Crippen molar-refractivity contribution in [2.45, 2.75) is 0 Å². The largest absolute Gasteiger partial charge is 0.144 e. The monoisotopic (exact) mass is 784 g/mol. The maximum Gasteiger partial charge on any atom is 0.0355 e. The molecular weight excluding hydrogens is 753 g/mol. The summed E-state index contributed by atoms with van der Waals surface area (Å²) in [6, 6.07) is 62.6. The summed E-state index contributed by atoms with van der Waals surface area (Å²) >= 11 is 7.35. The number of rotatable bonds is 8. The number of fused-ring (bicyclic) bond motifs is 4. The fraction of sp³-hybridized carbons (Fsp3) is 0. The molecule has 264 valence electrons. The molecule has 10 aromatic rings. The van der Waals surface area contributed by atoms with E-state index in [0.717, 1.165) is 0 Å². The van der Waals surface area contributed by atoms with Gasteiger partial charge in [-0.25, -0.2) is 0 Å². The molecule has 4 heteroatoms. The molecule has 6 aromatic carbocycles. The summed E-state index contributed by atoms with van der Waals surface area (Å²) in [7, 11) is 0. The van der Waals surface area contributed by atoms with Crippen LogP contribution in [0.25, 0.3) is 109 Å². The first-order valence-corrected chi connectivity index (χ1v) is 22.2. The van der Waals surface area contributed by atoms with E-state index in [1.54, 1.807) is 0 Å². The molecule has 0 aliphatic heterocycles. The molecule has 0 saturated heterocycles. The van der Waals surface area contributed by atoms with Gasteiger partial charge in [0.2, 0.25) is 0 Å². The Kier molecular flexibility index (Phi) is 8.37. The summed E-state index contributed by atoms with van der Waals surface area (Å²) in [5, 5.41) is 8.93. The SMILES string of the molecule is c1ccc(-c2c(-c3ccccc3)c(-c3cccs3)c3c(c2-c2cccs2)-c2c(-c4cccs4)c(-c4ccccc4)c(-c4ccccc4)c(-c4cccs4)c2-3)cc1. The summed E-state index contributed by atoms with van der Waals surface area (Å²) < 4.78 is 0. The molecule has 0 amide bonds. The first-order chi connectivity index (χ1) is 27.9. The second-order valence-electron chi connectivity index (χ2n) is 13.9. The molecule has 0 atom stereocenters. The van der Waals surface area contributed by atoms with Crippen LogP contribution in [-0.2, 0) is 0 Å². The molecule has 0 nitrogen and oxygen atoms in total. The Morgan fingerprint density at radius 3 is 0.571 bits per heavy atom. The molecule has 56 heavy (non-hydrogen) atoms. The van der Waals surface area contributed by atoms with Gasteiger partial charge < -0.3 is 0 Å². The third kappa shape index (κ3) is 5.29. The Labute approximate surface area is 343 Å². The number of benzene rings is 6. The highest BCUT2D eigenvalue weighted by atomic mass is 32.1. The molecule has 1 aliphatic carbocycles. The van der Waals surface area contributed by atoms with Gasteiger partial charge in [0, 0.05) is 64.0 Å². The number of thiophene rings is 4. The standard InChI is InChI=1S/C52H32S4/c1-5-17-33(18-6-1)41-42(34-19-7-2-8-20-34)46(38-26-14-30-54-38)50-49(45(41)37-25-13-29-53-37)51-47(39-27-15-31-55-39)43(35-21-9-3-10-22-35)44(36-23-11-4-12-24-36)48(52(50)51)40-28-16-32-56-40/h1-32H. The average molecular weight is 785 g/mol. The van der Waals surface area contributed by atoms with E-state index in [9.17, 15) is 0 Å². The van der Waals surface area contributed by atoms with Gasteiger partial charge in [-0.3, -0.25) is 0 Å². The van der Waals surface area contributed by atoms with Crippen molar-refractivity contribution in [3.05, 3.63) is 191 Å². The predicted molar refractivity (Wildman–Crippen MR) is 246 cm³/mol. The fourth-order valence-corrected chi connectivity index (χ4v) is 11.8. The van der Waals surface area contributed by atoms with Crippen LogP contribution in [0, 0.1) is 0 Å². The van der Waals surface area contributed by atoms with Crippen molar-refractivity contribution >= 4 is 45.3 Å². The van der Waals surface area contributed by atoms with Gasteiger partial charge in [0.15, 0.2) is 0 Å². The molecule has 0 spiro atoms. The molecule has 0 fully saturated rings. The van der Waals surface area contributed by atoms with Crippen LogP contribution in [0.4, 0.5) is 0 Å². The van der Waals surface area contributed by atoms with Gasteiger partial charge in [0.1, 0.15) is 0 Å². The van der Waals surface area contributed by atoms with Crippen LogP contribution in [0.15, 0.2) is 191 Å². The minimum absolute atomic E-state index is 1.23. The molecule has 4 heterocycles. The van der Waals surface area contributed by atoms with Crippen LogP contribution >= 0.6 is 45.3 Å². The zero-order valence-corrected chi connectivity index (χ0v) is 33.4. The first-order valence-electron chi connectivity index (χ1n) is 18.7. The lowest BCUT2D eigenvalue weighted by molar-refractivity contribution is 1.49. The zero-order valence-electron chi connectivity index (χ0n) is 30.1. The number of hydrogen-bond donors (Lipinski definition) is 0. The molecule has 0 unspecified atom stereocenters. The van der Waals surface area contributed by atoms with Gasteiger partial charge in [0.25, 0.3) is 0 Å². The second kappa shape index (κ2) is 14.0. The van der Waals surface area contributed by atoms with Gasteiger partial charge in [0.05, 0.1) is 0 Å². The van der Waals surface area contributed by atoms with E-state index in [2.05, 4.69) is 191 Å². The summed E-state index contributed by atoms with van der Waals surface area (Å²) in [4.78, 5) is 5.13. The van der Waals surface area contributed by atoms with E-state index in [-0.39, 0.29) is 0 Å². The van der Waals surface area contributed by atoms with Crippen LogP contribution in [-0.4, -0.2) is 0 Å². The Balaban J connectivity index is 1.44. The lowest BCUT2D eigenvalue weighted by Crippen LogP contribution is -2.12. The smallest absolute Gasteiger partial charge is 0.0355 e. The van der Waals surface area contributed by atoms with Crippen LogP contribution < -0.4 is 0 Å². The van der Waals surface area contributed by atoms with E-state index in [1.165, 1.54) is 109 Å². The summed E-state index contributed by atoms with van der Waals surface area (Å²) in [5.74, 6) is 0. The van der Waals surface area contributed by atoms with Crippen LogP contribution in [0.5, 0.6) is 0 Å². The molecule has 4 aromatic heterocycles. The highest BCUT2D eigenvalue weighted by Crippen LogP contribution is 2.69. The van der Waals surface area contributed by atoms with E-state index >= 15 is 0 Å². The van der Waals surface area contributed by atoms with Crippen molar-refractivity contribution in [1.29, 1.82) is 0 Å². The maximum absolute atomic E-state index is 2.33. The first kappa shape index (κ1) is 33.5. The summed E-state index contributed by atoms with van der Waals surface area (Å²) in [6.45, 7) is 0. The Bertz CT molecular complexity index is 2520. The highest BCUT2D eigenvalue weighted by Gasteiger charge is 2.42. The topological polar surface area (TPSA) is 0 Å². The zero-order chi connectivity index (χ0) is 37.0. The molecule has 0 saturated carbocycles.